The maximum Gasteiger partial charge on any atom is 0.309 e. The molecular weight excluding hydrogens is 278 g/mol. The van der Waals surface area contributed by atoms with Crippen molar-refractivity contribution >= 4 is 17.3 Å². The third-order valence-electron chi connectivity index (χ3n) is 2.84. The second-order valence-corrected chi connectivity index (χ2v) is 5.43. The molecule has 7 heteroatoms. The molecule has 2 rings (SSSR count). The van der Waals surface area contributed by atoms with E-state index in [1.807, 2.05) is 35.7 Å². The Kier molecular flexibility index (Phi) is 4.86. The molecule has 0 radical (unpaired) electrons. The number of thiophene rings is 1. The Bertz CT molecular complexity index is 553. The van der Waals surface area contributed by atoms with Crippen molar-refractivity contribution in [3.05, 3.63) is 22.7 Å². The lowest BCUT2D eigenvalue weighted by Crippen LogP contribution is -2.29. The van der Waals surface area contributed by atoms with E-state index in [2.05, 4.69) is 10.1 Å². The number of aromatic nitrogens is 2. The molecule has 20 heavy (non-hydrogen) atoms. The summed E-state index contributed by atoms with van der Waals surface area (Å²) in [4.78, 5) is 17.7. The van der Waals surface area contributed by atoms with E-state index >= 15 is 0 Å². The normalized spacial score (nSPS) is 12.6. The van der Waals surface area contributed by atoms with Crippen LogP contribution in [0.1, 0.15) is 12.7 Å². The topological polar surface area (TPSA) is 68.5 Å². The van der Waals surface area contributed by atoms with Crippen molar-refractivity contribution < 1.29 is 14.1 Å². The Balaban J connectivity index is 1.92. The maximum absolute atomic E-state index is 11.4. The molecule has 108 valence electrons. The molecule has 0 saturated heterocycles. The van der Waals surface area contributed by atoms with E-state index in [1.165, 1.54) is 7.11 Å². The van der Waals surface area contributed by atoms with Gasteiger partial charge >= 0.3 is 5.97 Å². The first-order valence-electron chi connectivity index (χ1n) is 6.21. The molecule has 0 aliphatic rings. The van der Waals surface area contributed by atoms with Gasteiger partial charge in [0.25, 0.3) is 5.89 Å². The molecule has 0 aliphatic heterocycles. The highest BCUT2D eigenvalue weighted by Crippen LogP contribution is 2.20. The first kappa shape index (κ1) is 14.7. The van der Waals surface area contributed by atoms with Crippen molar-refractivity contribution in [2.45, 2.75) is 13.5 Å². The van der Waals surface area contributed by atoms with Crippen LogP contribution >= 0.6 is 11.3 Å². The van der Waals surface area contributed by atoms with E-state index in [0.29, 0.717) is 24.8 Å². The van der Waals surface area contributed by atoms with Gasteiger partial charge in [0.15, 0.2) is 5.82 Å². The number of carbonyl (C=O) groups is 1. The highest BCUT2D eigenvalue weighted by molar-refractivity contribution is 7.08. The Morgan fingerprint density at radius 3 is 3.05 bits per heavy atom. The second kappa shape index (κ2) is 6.62. The third-order valence-corrected chi connectivity index (χ3v) is 3.52. The van der Waals surface area contributed by atoms with Gasteiger partial charge in [0.05, 0.1) is 25.1 Å². The van der Waals surface area contributed by atoms with Gasteiger partial charge in [0, 0.05) is 11.9 Å². The van der Waals surface area contributed by atoms with Gasteiger partial charge in [-0.1, -0.05) is 12.1 Å². The van der Waals surface area contributed by atoms with Crippen molar-refractivity contribution in [1.29, 1.82) is 0 Å². The third kappa shape index (κ3) is 3.64. The molecule has 0 aliphatic carbocycles. The summed E-state index contributed by atoms with van der Waals surface area (Å²) in [6, 6.07) is 1.94. The summed E-state index contributed by atoms with van der Waals surface area (Å²) < 4.78 is 9.91. The molecule has 0 N–H and O–H groups in total. The summed E-state index contributed by atoms with van der Waals surface area (Å²) in [7, 11) is 3.30. The van der Waals surface area contributed by atoms with E-state index < -0.39 is 0 Å². The Labute approximate surface area is 121 Å². The van der Waals surface area contributed by atoms with Crippen LogP contribution in [0.5, 0.6) is 0 Å². The van der Waals surface area contributed by atoms with Crippen molar-refractivity contribution in [3.8, 4) is 11.5 Å². The Morgan fingerprint density at radius 1 is 1.60 bits per heavy atom. The summed E-state index contributed by atoms with van der Waals surface area (Å²) in [5, 5.41) is 7.87. The molecule has 1 atom stereocenters. The zero-order chi connectivity index (χ0) is 14.5. The van der Waals surface area contributed by atoms with Crippen molar-refractivity contribution in [2.75, 3.05) is 20.7 Å². The number of rotatable bonds is 6. The zero-order valence-electron chi connectivity index (χ0n) is 11.7. The monoisotopic (exact) mass is 295 g/mol. The number of hydrogen-bond donors (Lipinski definition) is 0. The number of nitrogens with zero attached hydrogens (tertiary/aromatic N) is 3. The highest BCUT2D eigenvalue weighted by Gasteiger charge is 2.17. The van der Waals surface area contributed by atoms with E-state index in [0.717, 1.165) is 5.56 Å². The van der Waals surface area contributed by atoms with E-state index in [-0.39, 0.29) is 11.9 Å². The number of carbonyl (C=O) groups excluding carboxylic acids is 1. The van der Waals surface area contributed by atoms with Crippen LogP contribution in [0.25, 0.3) is 11.5 Å². The van der Waals surface area contributed by atoms with E-state index in [1.54, 1.807) is 11.3 Å². The molecule has 2 heterocycles. The molecule has 0 saturated carbocycles. The van der Waals surface area contributed by atoms with Crippen LogP contribution in [-0.2, 0) is 16.1 Å². The van der Waals surface area contributed by atoms with Crippen molar-refractivity contribution in [3.63, 3.8) is 0 Å². The SMILES string of the molecule is COC(=O)C(C)CN(C)Cc1noc(-c2ccsc2)n1. The minimum absolute atomic E-state index is 0.187. The van der Waals surface area contributed by atoms with E-state index in [4.69, 9.17) is 9.26 Å². The number of methoxy groups -OCH3 is 1. The van der Waals surface area contributed by atoms with Crippen LogP contribution in [0, 0.1) is 5.92 Å². The maximum atomic E-state index is 11.4. The average molecular weight is 295 g/mol. The summed E-state index contributed by atoms with van der Waals surface area (Å²) in [5.74, 6) is 0.721. The molecule has 0 bridgehead atoms. The summed E-state index contributed by atoms with van der Waals surface area (Å²) >= 11 is 1.58. The van der Waals surface area contributed by atoms with Gasteiger partial charge in [-0.15, -0.1) is 0 Å². The first-order valence-corrected chi connectivity index (χ1v) is 7.16. The summed E-state index contributed by atoms with van der Waals surface area (Å²) in [6.07, 6.45) is 0. The molecule has 2 aromatic heterocycles. The predicted octanol–water partition coefficient (Wildman–Crippen LogP) is 2.04. The fourth-order valence-corrected chi connectivity index (χ4v) is 2.50. The standard InChI is InChI=1S/C13H17N3O3S/c1-9(13(17)18-3)6-16(2)7-11-14-12(19-15-11)10-4-5-20-8-10/h4-5,8-9H,6-7H2,1-3H3. The van der Waals surface area contributed by atoms with Crippen LogP contribution in [0.3, 0.4) is 0 Å². The Hall–Kier alpha value is -1.73. The second-order valence-electron chi connectivity index (χ2n) is 4.65. The van der Waals surface area contributed by atoms with Crippen LogP contribution in [0.15, 0.2) is 21.3 Å². The number of ether oxygens (including phenoxy) is 1. The lowest BCUT2D eigenvalue weighted by atomic mass is 10.2. The van der Waals surface area contributed by atoms with Crippen molar-refractivity contribution in [2.24, 2.45) is 5.92 Å². The quantitative estimate of drug-likeness (QED) is 0.760. The molecule has 6 nitrogen and oxygen atoms in total. The van der Waals surface area contributed by atoms with Gasteiger partial charge in [-0.3, -0.25) is 9.69 Å². The summed E-state index contributed by atoms with van der Waals surface area (Å²) in [6.45, 7) is 2.93. The van der Waals surface area contributed by atoms with Gasteiger partial charge in [0.1, 0.15) is 0 Å². The van der Waals surface area contributed by atoms with Gasteiger partial charge in [-0.05, 0) is 18.5 Å². The number of esters is 1. The fourth-order valence-electron chi connectivity index (χ4n) is 1.87. The minimum Gasteiger partial charge on any atom is -0.469 e. The van der Waals surface area contributed by atoms with Gasteiger partial charge in [-0.25, -0.2) is 0 Å². The zero-order valence-corrected chi connectivity index (χ0v) is 12.5. The van der Waals surface area contributed by atoms with E-state index in [9.17, 15) is 4.79 Å². The molecule has 0 fully saturated rings. The van der Waals surface area contributed by atoms with Crippen LogP contribution in [0.4, 0.5) is 0 Å². The van der Waals surface area contributed by atoms with Crippen LogP contribution < -0.4 is 0 Å². The van der Waals surface area contributed by atoms with Gasteiger partial charge in [-0.2, -0.15) is 16.3 Å². The number of hydrogen-bond acceptors (Lipinski definition) is 7. The molecule has 2 aromatic rings. The van der Waals surface area contributed by atoms with Crippen LogP contribution in [-0.4, -0.2) is 41.7 Å². The molecule has 1 unspecified atom stereocenters. The van der Waals surface area contributed by atoms with Crippen LogP contribution in [0.2, 0.25) is 0 Å². The molecule has 0 amide bonds. The summed E-state index contributed by atoms with van der Waals surface area (Å²) in [5.41, 5.74) is 0.930. The lowest BCUT2D eigenvalue weighted by Gasteiger charge is -2.17. The Morgan fingerprint density at radius 2 is 2.40 bits per heavy atom. The first-order chi connectivity index (χ1) is 9.60. The average Bonchev–Trinajstić information content (AvgIpc) is 3.07. The molecule has 0 aromatic carbocycles. The molecular formula is C13H17N3O3S. The highest BCUT2D eigenvalue weighted by atomic mass is 32.1. The minimum atomic E-state index is -0.219. The fraction of sp³-hybridized carbons (Fsp3) is 0.462. The lowest BCUT2D eigenvalue weighted by molar-refractivity contribution is -0.145. The van der Waals surface area contributed by atoms with Gasteiger partial charge in [0.2, 0.25) is 0 Å². The molecule has 0 spiro atoms. The largest absolute Gasteiger partial charge is 0.469 e. The smallest absolute Gasteiger partial charge is 0.309 e. The predicted molar refractivity (Wildman–Crippen MR) is 75.1 cm³/mol. The van der Waals surface area contributed by atoms with Crippen molar-refractivity contribution in [1.82, 2.24) is 15.0 Å². The van der Waals surface area contributed by atoms with Gasteiger partial charge < -0.3 is 9.26 Å².